The van der Waals surface area contributed by atoms with Crippen LogP contribution in [-0.2, 0) is 14.3 Å². The Hall–Kier alpha value is 0.266. The second-order valence-corrected chi connectivity index (χ2v) is 7.21. The van der Waals surface area contributed by atoms with Gasteiger partial charge in [0, 0.05) is 0 Å². The van der Waals surface area contributed by atoms with E-state index in [1.54, 1.807) is 6.07 Å². The van der Waals surface area contributed by atoms with Crippen molar-refractivity contribution >= 4 is 63.6 Å². The molecular weight excluding hydrogens is 365 g/mol. The molecule has 0 heterocycles. The van der Waals surface area contributed by atoms with Crippen LogP contribution in [0.2, 0.25) is 0 Å². The van der Waals surface area contributed by atoms with E-state index in [0.717, 1.165) is 19.3 Å². The zero-order chi connectivity index (χ0) is 19.3. The number of unbranched alkanes of at least 4 members (excludes halogenated alkanes) is 15. The minimum absolute atomic E-state index is 0. The van der Waals surface area contributed by atoms with Gasteiger partial charge in [-0.1, -0.05) is 103 Å². The van der Waals surface area contributed by atoms with Crippen molar-refractivity contribution in [1.82, 2.24) is 0 Å². The van der Waals surface area contributed by atoms with Gasteiger partial charge in [0.2, 0.25) is 0 Å². The number of esters is 1. The van der Waals surface area contributed by atoms with E-state index in [-0.39, 0.29) is 51.4 Å². The van der Waals surface area contributed by atoms with Crippen LogP contribution in [0.25, 0.3) is 0 Å². The van der Waals surface area contributed by atoms with Gasteiger partial charge in [-0.3, -0.25) is 4.79 Å². The summed E-state index contributed by atoms with van der Waals surface area (Å²) in [6, 6.07) is 1.62. The number of carbonyl (C=O) groups excluding carboxylic acids is 2. The number of hydrogen-bond acceptors (Lipinski definition) is 4. The van der Waals surface area contributed by atoms with Gasteiger partial charge in [0.25, 0.3) is 0 Å². The molecule has 0 amide bonds. The van der Waals surface area contributed by atoms with Crippen LogP contribution in [-0.4, -0.2) is 70.2 Å². The first-order valence-electron chi connectivity index (χ1n) is 10.8. The molecule has 1 atom stereocenters. The number of nitrogens with zero attached hydrogens (tertiary/aromatic N) is 1. The number of carbonyl (C=O) groups is 2. The van der Waals surface area contributed by atoms with Crippen molar-refractivity contribution in [3.05, 3.63) is 0 Å². The van der Waals surface area contributed by atoms with Crippen molar-refractivity contribution in [2.75, 3.05) is 6.61 Å². The van der Waals surface area contributed by atoms with Gasteiger partial charge in [0.05, 0.1) is 12.7 Å². The van der Waals surface area contributed by atoms with E-state index >= 15 is 0 Å². The molecule has 4 nitrogen and oxygen atoms in total. The predicted molar refractivity (Wildman–Crippen MR) is 113 cm³/mol. The maximum atomic E-state index is 11.3. The van der Waals surface area contributed by atoms with Crippen LogP contribution >= 0.6 is 0 Å². The molecule has 0 aliphatic carbocycles. The van der Waals surface area contributed by atoms with E-state index in [9.17, 15) is 9.59 Å². The first-order chi connectivity index (χ1) is 12.8. The van der Waals surface area contributed by atoms with Gasteiger partial charge < -0.3 is 9.53 Å². The van der Waals surface area contributed by atoms with Crippen molar-refractivity contribution in [3.8, 4) is 6.07 Å². The normalized spacial score (nSPS) is 11.3. The number of ether oxygens (including phenoxy) is 1. The number of nitriles is 1. The van der Waals surface area contributed by atoms with Crippen LogP contribution in [0.1, 0.15) is 110 Å². The summed E-state index contributed by atoms with van der Waals surface area (Å²) in [5, 5.41) is 8.56. The number of aldehydes is 1. The standard InChI is InChI=1S/C22H39NO3.K.H/c1-2-3-4-5-6-7-8-9-10-11-12-13-14-15-16-17-18-26-22(25)21(19-23)20-24;;/h20-21H,2-18H2,1H3;;. The fourth-order valence-electron chi connectivity index (χ4n) is 3.05. The molecule has 0 rings (SSSR count). The molecule has 0 bridgehead atoms. The zero-order valence-electron chi connectivity index (χ0n) is 16.8. The monoisotopic (exact) mass is 405 g/mol. The first-order valence-corrected chi connectivity index (χ1v) is 10.8. The Labute approximate surface area is 209 Å². The SMILES string of the molecule is CCCCCCCCCCCCCCCCCCOC(=O)C(C#N)C=O.[KH]. The molecule has 0 saturated heterocycles. The predicted octanol–water partition coefficient (Wildman–Crippen LogP) is 5.48. The van der Waals surface area contributed by atoms with E-state index in [1.165, 1.54) is 83.5 Å². The molecule has 0 aliphatic heterocycles. The third-order valence-corrected chi connectivity index (χ3v) is 4.77. The summed E-state index contributed by atoms with van der Waals surface area (Å²) in [6.45, 7) is 2.57. The van der Waals surface area contributed by atoms with Crippen LogP contribution in [0.3, 0.4) is 0 Å². The van der Waals surface area contributed by atoms with E-state index in [1.807, 2.05) is 0 Å². The van der Waals surface area contributed by atoms with Crippen LogP contribution < -0.4 is 0 Å². The van der Waals surface area contributed by atoms with E-state index in [0.29, 0.717) is 12.9 Å². The molecule has 0 saturated carbocycles. The third kappa shape index (κ3) is 20.8. The second-order valence-electron chi connectivity index (χ2n) is 7.21. The van der Waals surface area contributed by atoms with Crippen molar-refractivity contribution < 1.29 is 14.3 Å². The summed E-state index contributed by atoms with van der Waals surface area (Å²) in [7, 11) is 0. The van der Waals surface area contributed by atoms with Gasteiger partial charge in [0.1, 0.15) is 6.29 Å². The zero-order valence-corrected chi connectivity index (χ0v) is 16.8. The van der Waals surface area contributed by atoms with Crippen molar-refractivity contribution in [1.29, 1.82) is 5.26 Å². The third-order valence-electron chi connectivity index (χ3n) is 4.77. The molecule has 5 heteroatoms. The molecular formula is C22H40KNO3. The molecule has 0 radical (unpaired) electrons. The molecule has 0 fully saturated rings. The van der Waals surface area contributed by atoms with Crippen LogP contribution in [0.15, 0.2) is 0 Å². The number of rotatable bonds is 19. The van der Waals surface area contributed by atoms with Crippen LogP contribution in [0, 0.1) is 17.2 Å². The Morgan fingerprint density at radius 2 is 1.19 bits per heavy atom. The number of hydrogen-bond donors (Lipinski definition) is 0. The Balaban J connectivity index is 0. The maximum absolute atomic E-state index is 11.3. The van der Waals surface area contributed by atoms with Crippen LogP contribution in [0.5, 0.6) is 0 Å². The van der Waals surface area contributed by atoms with Gasteiger partial charge >= 0.3 is 57.4 Å². The molecule has 27 heavy (non-hydrogen) atoms. The van der Waals surface area contributed by atoms with Gasteiger partial charge in [-0.05, 0) is 6.42 Å². The van der Waals surface area contributed by atoms with Crippen molar-refractivity contribution in [2.45, 2.75) is 110 Å². The fourth-order valence-corrected chi connectivity index (χ4v) is 3.05. The molecule has 0 aliphatic rings. The van der Waals surface area contributed by atoms with E-state index < -0.39 is 11.9 Å². The molecule has 0 aromatic heterocycles. The van der Waals surface area contributed by atoms with Crippen molar-refractivity contribution in [3.63, 3.8) is 0 Å². The Kier molecular flexibility index (Phi) is 26.5. The van der Waals surface area contributed by atoms with Gasteiger partial charge in [-0.15, -0.1) is 0 Å². The van der Waals surface area contributed by atoms with Gasteiger partial charge in [0.15, 0.2) is 5.92 Å². The van der Waals surface area contributed by atoms with Crippen molar-refractivity contribution in [2.24, 2.45) is 5.92 Å². The molecule has 0 N–H and O–H groups in total. The first kappa shape index (κ1) is 29.5. The topological polar surface area (TPSA) is 67.2 Å². The van der Waals surface area contributed by atoms with Gasteiger partial charge in [-0.25, -0.2) is 0 Å². The summed E-state index contributed by atoms with van der Waals surface area (Å²) < 4.78 is 4.91. The summed E-state index contributed by atoms with van der Waals surface area (Å²) >= 11 is 0. The Morgan fingerprint density at radius 3 is 1.52 bits per heavy atom. The minimum atomic E-state index is -1.27. The average Bonchev–Trinajstić information content (AvgIpc) is 2.65. The second kappa shape index (κ2) is 24.3. The summed E-state index contributed by atoms with van der Waals surface area (Å²) in [6.07, 6.45) is 21.1. The molecule has 0 aromatic carbocycles. The fraction of sp³-hybridized carbons (Fsp3) is 0.864. The Bertz CT molecular complexity index is 382. The molecule has 0 aromatic rings. The molecule has 0 spiro atoms. The summed E-state index contributed by atoms with van der Waals surface area (Å²) in [4.78, 5) is 21.7. The summed E-state index contributed by atoms with van der Waals surface area (Å²) in [5.41, 5.74) is 0. The van der Waals surface area contributed by atoms with Crippen LogP contribution in [0.4, 0.5) is 0 Å². The summed E-state index contributed by atoms with van der Waals surface area (Å²) in [5.74, 6) is -1.99. The molecule has 152 valence electrons. The Morgan fingerprint density at radius 1 is 0.815 bits per heavy atom. The molecule has 1 unspecified atom stereocenters. The quantitative estimate of drug-likeness (QED) is 0.0938. The van der Waals surface area contributed by atoms with Gasteiger partial charge in [-0.2, -0.15) is 5.26 Å². The van der Waals surface area contributed by atoms with E-state index in [4.69, 9.17) is 10.00 Å². The average molecular weight is 406 g/mol. The van der Waals surface area contributed by atoms with E-state index in [2.05, 4.69) is 6.92 Å².